The highest BCUT2D eigenvalue weighted by atomic mass is 16.6. The van der Waals surface area contributed by atoms with Gasteiger partial charge in [-0.2, -0.15) is 0 Å². The fraction of sp³-hybridized carbons (Fsp3) is 0.222. The zero-order valence-electron chi connectivity index (χ0n) is 11.8. The summed E-state index contributed by atoms with van der Waals surface area (Å²) in [5, 5.41) is 0. The first-order chi connectivity index (χ1) is 10.1. The third-order valence-electron chi connectivity index (χ3n) is 4.54. The highest BCUT2D eigenvalue weighted by Gasteiger charge is 2.72. The Hall–Kier alpha value is -2.26. The van der Waals surface area contributed by atoms with Crippen molar-refractivity contribution < 1.29 is 14.3 Å². The molecular weight excluding hydrogens is 264 g/mol. The molecule has 3 heteroatoms. The predicted octanol–water partition coefficient (Wildman–Crippen LogP) is 3.19. The Bertz CT molecular complexity index is 769. The lowest BCUT2D eigenvalue weighted by Gasteiger charge is -2.04. The van der Waals surface area contributed by atoms with Crippen LogP contribution in [0.2, 0.25) is 0 Å². The SMILES string of the molecule is Cc1ccc(C2OC23C(=O)c2ccccc2C3=O)cc1C. The van der Waals surface area contributed by atoms with Crippen molar-refractivity contribution in [1.29, 1.82) is 0 Å². The second-order valence-electron chi connectivity index (χ2n) is 5.78. The number of carbonyl (C=O) groups is 2. The molecule has 1 saturated heterocycles. The number of aryl methyl sites for hydroxylation is 2. The summed E-state index contributed by atoms with van der Waals surface area (Å²) in [6, 6.07) is 12.9. The van der Waals surface area contributed by atoms with Gasteiger partial charge in [0.1, 0.15) is 6.10 Å². The zero-order valence-corrected chi connectivity index (χ0v) is 11.8. The maximum atomic E-state index is 12.6. The van der Waals surface area contributed by atoms with Crippen LogP contribution in [-0.2, 0) is 4.74 Å². The smallest absolute Gasteiger partial charge is 0.224 e. The number of epoxide rings is 1. The van der Waals surface area contributed by atoms with Crippen LogP contribution < -0.4 is 0 Å². The lowest BCUT2D eigenvalue weighted by Crippen LogP contribution is -2.27. The molecule has 1 aliphatic carbocycles. The van der Waals surface area contributed by atoms with Crippen LogP contribution >= 0.6 is 0 Å². The van der Waals surface area contributed by atoms with Crippen LogP contribution in [0.1, 0.15) is 43.5 Å². The molecule has 1 heterocycles. The summed E-state index contributed by atoms with van der Waals surface area (Å²) in [5.41, 5.74) is 2.87. The van der Waals surface area contributed by atoms with Gasteiger partial charge >= 0.3 is 0 Å². The molecule has 1 aliphatic heterocycles. The molecule has 2 aliphatic rings. The molecule has 2 aromatic carbocycles. The number of hydrogen-bond donors (Lipinski definition) is 0. The van der Waals surface area contributed by atoms with Crippen LogP contribution in [0.5, 0.6) is 0 Å². The highest BCUT2D eigenvalue weighted by molar-refractivity contribution is 6.34. The summed E-state index contributed by atoms with van der Waals surface area (Å²) in [4.78, 5) is 25.2. The van der Waals surface area contributed by atoms with Gasteiger partial charge in [-0.3, -0.25) is 9.59 Å². The molecule has 0 saturated carbocycles. The maximum Gasteiger partial charge on any atom is 0.224 e. The average Bonchev–Trinajstić information content (AvgIpc) is 3.21. The molecule has 0 N–H and O–H groups in total. The molecule has 0 radical (unpaired) electrons. The fourth-order valence-corrected chi connectivity index (χ4v) is 3.11. The van der Waals surface area contributed by atoms with E-state index in [1.807, 2.05) is 32.0 Å². The van der Waals surface area contributed by atoms with Crippen molar-refractivity contribution >= 4 is 11.6 Å². The molecule has 104 valence electrons. The van der Waals surface area contributed by atoms with Crippen LogP contribution in [0.3, 0.4) is 0 Å². The number of ketones is 2. The number of rotatable bonds is 1. The molecule has 1 unspecified atom stereocenters. The van der Waals surface area contributed by atoms with Gasteiger partial charge in [-0.05, 0) is 30.5 Å². The van der Waals surface area contributed by atoms with E-state index < -0.39 is 11.7 Å². The lowest BCUT2D eigenvalue weighted by atomic mass is 9.93. The average molecular weight is 278 g/mol. The molecule has 0 aromatic heterocycles. The number of Topliss-reactive ketones (excluding diaryl/α,β-unsaturated/α-hetero) is 2. The number of fused-ring (bicyclic) bond motifs is 1. The summed E-state index contributed by atoms with van der Waals surface area (Å²) in [7, 11) is 0. The summed E-state index contributed by atoms with van der Waals surface area (Å²) in [6.45, 7) is 4.05. The zero-order chi connectivity index (χ0) is 14.8. The molecule has 1 spiro atoms. The van der Waals surface area contributed by atoms with E-state index in [-0.39, 0.29) is 11.6 Å². The standard InChI is InChI=1S/C18H14O3/c1-10-7-8-12(9-11(10)2)17-18(21-17)15(19)13-5-3-4-6-14(13)16(18)20/h3-9,17H,1-2H3. The van der Waals surface area contributed by atoms with E-state index in [2.05, 4.69) is 0 Å². The van der Waals surface area contributed by atoms with E-state index in [0.717, 1.165) is 11.1 Å². The molecule has 0 bridgehead atoms. The quantitative estimate of drug-likeness (QED) is 0.594. The van der Waals surface area contributed by atoms with Crippen LogP contribution in [0.4, 0.5) is 0 Å². The minimum Gasteiger partial charge on any atom is -0.344 e. The van der Waals surface area contributed by atoms with Gasteiger partial charge in [-0.1, -0.05) is 42.5 Å². The van der Waals surface area contributed by atoms with E-state index in [4.69, 9.17) is 4.74 Å². The number of carbonyl (C=O) groups excluding carboxylic acids is 2. The number of hydrogen-bond acceptors (Lipinski definition) is 3. The van der Waals surface area contributed by atoms with Crippen LogP contribution in [0.25, 0.3) is 0 Å². The van der Waals surface area contributed by atoms with Crippen molar-refractivity contribution in [1.82, 2.24) is 0 Å². The Balaban J connectivity index is 1.78. The largest absolute Gasteiger partial charge is 0.344 e. The van der Waals surface area contributed by atoms with Crippen molar-refractivity contribution in [2.24, 2.45) is 0 Å². The first kappa shape index (κ1) is 12.5. The van der Waals surface area contributed by atoms with Crippen molar-refractivity contribution in [3.05, 3.63) is 70.3 Å². The van der Waals surface area contributed by atoms with E-state index in [9.17, 15) is 9.59 Å². The summed E-state index contributed by atoms with van der Waals surface area (Å²) in [5.74, 6) is -0.405. The fourth-order valence-electron chi connectivity index (χ4n) is 3.11. The minimum atomic E-state index is -1.30. The van der Waals surface area contributed by atoms with Gasteiger partial charge < -0.3 is 4.74 Å². The number of ether oxygens (including phenoxy) is 1. The van der Waals surface area contributed by atoms with Gasteiger partial charge in [-0.25, -0.2) is 0 Å². The van der Waals surface area contributed by atoms with Gasteiger partial charge in [-0.15, -0.1) is 0 Å². The van der Waals surface area contributed by atoms with Crippen molar-refractivity contribution in [3.8, 4) is 0 Å². The monoisotopic (exact) mass is 278 g/mol. The Labute approximate surface area is 122 Å². The van der Waals surface area contributed by atoms with Crippen molar-refractivity contribution in [2.45, 2.75) is 25.6 Å². The first-order valence-electron chi connectivity index (χ1n) is 6.99. The highest BCUT2D eigenvalue weighted by Crippen LogP contribution is 2.56. The first-order valence-corrected chi connectivity index (χ1v) is 6.99. The molecule has 1 fully saturated rings. The lowest BCUT2D eigenvalue weighted by molar-refractivity contribution is 0.0785. The number of benzene rings is 2. The Morgan fingerprint density at radius 2 is 1.52 bits per heavy atom. The van der Waals surface area contributed by atoms with Crippen molar-refractivity contribution in [2.75, 3.05) is 0 Å². The minimum absolute atomic E-state index is 0.202. The molecular formula is C18H14O3. The third-order valence-corrected chi connectivity index (χ3v) is 4.54. The van der Waals surface area contributed by atoms with E-state index in [1.54, 1.807) is 24.3 Å². The van der Waals surface area contributed by atoms with E-state index in [1.165, 1.54) is 5.56 Å². The molecule has 3 nitrogen and oxygen atoms in total. The van der Waals surface area contributed by atoms with Crippen LogP contribution in [-0.4, -0.2) is 17.2 Å². The van der Waals surface area contributed by atoms with Gasteiger partial charge in [0.2, 0.25) is 17.2 Å². The summed E-state index contributed by atoms with van der Waals surface area (Å²) >= 11 is 0. The van der Waals surface area contributed by atoms with Gasteiger partial charge in [0.05, 0.1) is 0 Å². The second kappa shape index (κ2) is 3.89. The normalized spacial score (nSPS) is 21.7. The summed E-state index contributed by atoms with van der Waals surface area (Å²) in [6.07, 6.45) is -0.454. The molecule has 1 atom stereocenters. The molecule has 0 amide bonds. The van der Waals surface area contributed by atoms with E-state index in [0.29, 0.717) is 11.1 Å². The van der Waals surface area contributed by atoms with Gasteiger partial charge in [0.15, 0.2) is 0 Å². The molecule has 4 rings (SSSR count). The van der Waals surface area contributed by atoms with Gasteiger partial charge in [0, 0.05) is 11.1 Å². The van der Waals surface area contributed by atoms with Crippen LogP contribution in [0.15, 0.2) is 42.5 Å². The van der Waals surface area contributed by atoms with Crippen LogP contribution in [0, 0.1) is 13.8 Å². The third kappa shape index (κ3) is 1.47. The Morgan fingerprint density at radius 3 is 2.10 bits per heavy atom. The Morgan fingerprint density at radius 1 is 0.905 bits per heavy atom. The van der Waals surface area contributed by atoms with Crippen molar-refractivity contribution in [3.63, 3.8) is 0 Å². The maximum absolute atomic E-state index is 12.6. The Kier molecular flexibility index (Phi) is 2.31. The molecule has 21 heavy (non-hydrogen) atoms. The van der Waals surface area contributed by atoms with E-state index >= 15 is 0 Å². The second-order valence-corrected chi connectivity index (χ2v) is 5.78. The van der Waals surface area contributed by atoms with Gasteiger partial charge in [0.25, 0.3) is 0 Å². The summed E-state index contributed by atoms with van der Waals surface area (Å²) < 4.78 is 5.65. The topological polar surface area (TPSA) is 46.7 Å². The molecule has 2 aromatic rings. The predicted molar refractivity (Wildman–Crippen MR) is 77.6 cm³/mol.